The minimum absolute atomic E-state index is 0.242. The third-order valence-corrected chi connectivity index (χ3v) is 4.95. The maximum absolute atomic E-state index is 12.6. The lowest BCUT2D eigenvalue weighted by molar-refractivity contribution is -0.153. The van der Waals surface area contributed by atoms with Crippen LogP contribution >= 0.6 is 0 Å². The normalized spacial score (nSPS) is 10.5. The lowest BCUT2D eigenvalue weighted by Gasteiger charge is -2.21. The van der Waals surface area contributed by atoms with Crippen molar-refractivity contribution in [2.75, 3.05) is 27.4 Å². The van der Waals surface area contributed by atoms with Crippen molar-refractivity contribution in [3.05, 3.63) is 53.6 Å². The molecule has 0 aliphatic heterocycles. The molecule has 0 aliphatic rings. The Morgan fingerprint density at radius 1 is 1.03 bits per heavy atom. The van der Waals surface area contributed by atoms with Crippen molar-refractivity contribution in [1.82, 2.24) is 25.1 Å². The molecule has 1 aromatic heterocycles. The molecule has 0 aliphatic carbocycles. The topological polar surface area (TPSA) is 109 Å². The average Bonchev–Trinajstić information content (AvgIpc) is 3.29. The number of methoxy groups -OCH3 is 2. The van der Waals surface area contributed by atoms with Gasteiger partial charge in [-0.25, -0.2) is 4.79 Å². The average molecular weight is 453 g/mol. The Morgan fingerprint density at radius 2 is 1.76 bits per heavy atom. The number of hydrogen-bond donors (Lipinski definition) is 0. The quantitative estimate of drug-likeness (QED) is 0.430. The summed E-state index contributed by atoms with van der Waals surface area (Å²) in [6.07, 6.45) is 0. The van der Waals surface area contributed by atoms with Crippen LogP contribution in [0.25, 0.3) is 11.4 Å². The second kappa shape index (κ2) is 11.1. The molecule has 1 amide bonds. The molecule has 0 saturated carbocycles. The van der Waals surface area contributed by atoms with Gasteiger partial charge in [-0.3, -0.25) is 4.79 Å². The molecule has 10 heteroatoms. The summed E-state index contributed by atoms with van der Waals surface area (Å²) in [5.74, 6) is 0.656. The Hall–Kier alpha value is -3.95. The fourth-order valence-corrected chi connectivity index (χ4v) is 3.10. The third-order valence-electron chi connectivity index (χ3n) is 4.95. The Labute approximate surface area is 192 Å². The molecule has 0 bridgehead atoms. The molecule has 10 nitrogen and oxygen atoms in total. The van der Waals surface area contributed by atoms with E-state index >= 15 is 0 Å². The Bertz CT molecular complexity index is 1100. The van der Waals surface area contributed by atoms with E-state index in [1.165, 1.54) is 0 Å². The molecule has 33 heavy (non-hydrogen) atoms. The van der Waals surface area contributed by atoms with Crippen LogP contribution in [0.2, 0.25) is 0 Å². The predicted octanol–water partition coefficient (Wildman–Crippen LogP) is 2.26. The summed E-state index contributed by atoms with van der Waals surface area (Å²) < 4.78 is 15.7. The summed E-state index contributed by atoms with van der Waals surface area (Å²) in [6.45, 7) is 4.02. The number of tetrazole rings is 1. The molecule has 0 N–H and O–H groups in total. The van der Waals surface area contributed by atoms with E-state index in [9.17, 15) is 9.59 Å². The van der Waals surface area contributed by atoms with Gasteiger partial charge in [0.25, 0.3) is 5.91 Å². The largest absolute Gasteiger partial charge is 0.493 e. The van der Waals surface area contributed by atoms with Gasteiger partial charge in [0.05, 0.1) is 14.2 Å². The van der Waals surface area contributed by atoms with E-state index in [0.717, 1.165) is 21.5 Å². The number of ether oxygens (including phenoxy) is 3. The maximum atomic E-state index is 12.6. The summed E-state index contributed by atoms with van der Waals surface area (Å²) in [4.78, 5) is 27.5. The van der Waals surface area contributed by atoms with Crippen molar-refractivity contribution in [3.8, 4) is 22.9 Å². The van der Waals surface area contributed by atoms with E-state index in [2.05, 4.69) is 15.4 Å². The van der Waals surface area contributed by atoms with Crippen LogP contribution in [0, 0.1) is 6.92 Å². The van der Waals surface area contributed by atoms with Gasteiger partial charge in [-0.1, -0.05) is 35.9 Å². The highest BCUT2D eigenvalue weighted by Crippen LogP contribution is 2.28. The molecule has 0 atom stereocenters. The Morgan fingerprint density at radius 3 is 2.42 bits per heavy atom. The Kier molecular flexibility index (Phi) is 7.96. The molecule has 1 heterocycles. The van der Waals surface area contributed by atoms with Crippen LogP contribution in [-0.4, -0.2) is 64.4 Å². The van der Waals surface area contributed by atoms with Crippen LogP contribution in [0.15, 0.2) is 42.5 Å². The highest BCUT2D eigenvalue weighted by Gasteiger charge is 2.17. The summed E-state index contributed by atoms with van der Waals surface area (Å²) in [5.41, 5.74) is 2.78. The number of aromatic nitrogens is 4. The SMILES string of the molecule is CCN(Cc1ccc(OC)c(OC)c1)C(=O)COC(=O)Cn1nnc(-c2ccc(C)cc2)n1. The molecule has 0 saturated heterocycles. The van der Waals surface area contributed by atoms with Crippen LogP contribution in [0.1, 0.15) is 18.1 Å². The molecule has 0 unspecified atom stereocenters. The molecule has 174 valence electrons. The molecular formula is C23H27N5O5. The minimum Gasteiger partial charge on any atom is -0.493 e. The summed E-state index contributed by atoms with van der Waals surface area (Å²) >= 11 is 0. The van der Waals surface area contributed by atoms with Crippen molar-refractivity contribution >= 4 is 11.9 Å². The number of rotatable bonds is 10. The number of nitrogens with zero attached hydrogens (tertiary/aromatic N) is 5. The minimum atomic E-state index is -0.627. The van der Waals surface area contributed by atoms with Crippen LogP contribution in [0.4, 0.5) is 0 Å². The van der Waals surface area contributed by atoms with Crippen molar-refractivity contribution in [1.29, 1.82) is 0 Å². The molecule has 0 spiro atoms. The molecule has 2 aromatic carbocycles. The second-order valence-corrected chi connectivity index (χ2v) is 7.27. The first-order valence-electron chi connectivity index (χ1n) is 10.4. The first-order chi connectivity index (χ1) is 15.9. The zero-order chi connectivity index (χ0) is 23.8. The van der Waals surface area contributed by atoms with Gasteiger partial charge in [0.1, 0.15) is 0 Å². The number of carbonyl (C=O) groups excluding carboxylic acids is 2. The molecule has 3 rings (SSSR count). The van der Waals surface area contributed by atoms with Crippen LogP contribution in [-0.2, 0) is 27.4 Å². The van der Waals surface area contributed by atoms with E-state index in [1.54, 1.807) is 25.2 Å². The standard InChI is InChI=1S/C23H27N5O5/c1-5-27(13-17-8-11-19(31-3)20(12-17)32-4)21(29)15-33-22(30)14-28-25-23(24-26-28)18-9-6-16(2)7-10-18/h6-12H,5,13-15H2,1-4H3. The molecule has 0 fully saturated rings. The van der Waals surface area contributed by atoms with E-state index < -0.39 is 5.97 Å². The number of amides is 1. The van der Waals surface area contributed by atoms with Crippen LogP contribution in [0.5, 0.6) is 11.5 Å². The second-order valence-electron chi connectivity index (χ2n) is 7.27. The molecule has 0 radical (unpaired) electrons. The fourth-order valence-electron chi connectivity index (χ4n) is 3.10. The fraction of sp³-hybridized carbons (Fsp3) is 0.348. The number of benzene rings is 2. The van der Waals surface area contributed by atoms with Gasteiger partial charge in [-0.05, 0) is 36.8 Å². The number of likely N-dealkylation sites (N-methyl/N-ethyl adjacent to an activating group) is 1. The van der Waals surface area contributed by atoms with Crippen molar-refractivity contribution < 1.29 is 23.8 Å². The van der Waals surface area contributed by atoms with Crippen molar-refractivity contribution in [2.45, 2.75) is 26.9 Å². The van der Waals surface area contributed by atoms with Gasteiger partial charge in [0, 0.05) is 18.7 Å². The zero-order valence-corrected chi connectivity index (χ0v) is 19.1. The predicted molar refractivity (Wildman–Crippen MR) is 120 cm³/mol. The number of hydrogen-bond acceptors (Lipinski definition) is 8. The summed E-state index contributed by atoms with van der Waals surface area (Å²) in [6, 6.07) is 13.1. The van der Waals surface area contributed by atoms with Gasteiger partial charge in [0.15, 0.2) is 24.7 Å². The summed E-state index contributed by atoms with van der Waals surface area (Å²) in [5, 5.41) is 12.0. The first-order valence-corrected chi connectivity index (χ1v) is 10.4. The lowest BCUT2D eigenvalue weighted by atomic mass is 10.1. The van der Waals surface area contributed by atoms with E-state index in [-0.39, 0.29) is 19.1 Å². The molecule has 3 aromatic rings. The third kappa shape index (κ3) is 6.28. The molecular weight excluding hydrogens is 426 g/mol. The number of carbonyl (C=O) groups is 2. The van der Waals surface area contributed by atoms with E-state index in [0.29, 0.717) is 30.4 Å². The van der Waals surface area contributed by atoms with Crippen molar-refractivity contribution in [3.63, 3.8) is 0 Å². The monoisotopic (exact) mass is 453 g/mol. The van der Waals surface area contributed by atoms with Crippen LogP contribution in [0.3, 0.4) is 0 Å². The number of aryl methyl sites for hydroxylation is 1. The van der Waals surface area contributed by atoms with E-state index in [4.69, 9.17) is 14.2 Å². The van der Waals surface area contributed by atoms with Gasteiger partial charge < -0.3 is 19.1 Å². The number of esters is 1. The zero-order valence-electron chi connectivity index (χ0n) is 19.1. The van der Waals surface area contributed by atoms with Gasteiger partial charge in [-0.15, -0.1) is 10.2 Å². The first kappa shape index (κ1) is 23.7. The van der Waals surface area contributed by atoms with Crippen molar-refractivity contribution in [2.24, 2.45) is 0 Å². The van der Waals surface area contributed by atoms with Gasteiger partial charge >= 0.3 is 5.97 Å². The Balaban J connectivity index is 1.53. The highest BCUT2D eigenvalue weighted by molar-refractivity contribution is 5.80. The lowest BCUT2D eigenvalue weighted by Crippen LogP contribution is -2.34. The van der Waals surface area contributed by atoms with E-state index in [1.807, 2.05) is 50.2 Å². The van der Waals surface area contributed by atoms with Crippen LogP contribution < -0.4 is 9.47 Å². The highest BCUT2D eigenvalue weighted by atomic mass is 16.5. The van der Waals surface area contributed by atoms with Gasteiger partial charge in [0.2, 0.25) is 5.82 Å². The maximum Gasteiger partial charge on any atom is 0.330 e. The summed E-state index contributed by atoms with van der Waals surface area (Å²) in [7, 11) is 3.11. The smallest absolute Gasteiger partial charge is 0.330 e. The van der Waals surface area contributed by atoms with Gasteiger partial charge in [-0.2, -0.15) is 4.80 Å².